The van der Waals surface area contributed by atoms with Gasteiger partial charge in [0.05, 0.1) is 13.2 Å². The van der Waals surface area contributed by atoms with E-state index < -0.39 is 0 Å². The molecule has 0 heterocycles. The van der Waals surface area contributed by atoms with Crippen LogP contribution in [0.3, 0.4) is 0 Å². The first-order chi connectivity index (χ1) is 8.61. The lowest BCUT2D eigenvalue weighted by Gasteiger charge is -2.10. The zero-order chi connectivity index (χ0) is 13.4. The highest BCUT2D eigenvalue weighted by Gasteiger charge is 2.02. The zero-order valence-corrected chi connectivity index (χ0v) is 11.3. The highest BCUT2D eigenvalue weighted by atomic mass is 16.5. The maximum absolute atomic E-state index is 11.5. The van der Waals surface area contributed by atoms with E-state index in [4.69, 9.17) is 4.74 Å². The van der Waals surface area contributed by atoms with Gasteiger partial charge in [-0.05, 0) is 25.0 Å². The zero-order valence-electron chi connectivity index (χ0n) is 11.3. The van der Waals surface area contributed by atoms with E-state index in [-0.39, 0.29) is 12.5 Å². The molecule has 1 aromatic rings. The smallest absolute Gasteiger partial charge is 0.239 e. The van der Waals surface area contributed by atoms with E-state index in [1.807, 2.05) is 31.2 Å². The van der Waals surface area contributed by atoms with Crippen LogP contribution in [0, 0.1) is 5.92 Å². The van der Waals surface area contributed by atoms with Gasteiger partial charge in [-0.1, -0.05) is 19.9 Å². The minimum Gasteiger partial charge on any atom is -0.494 e. The van der Waals surface area contributed by atoms with Gasteiger partial charge in [0.1, 0.15) is 5.75 Å². The van der Waals surface area contributed by atoms with Crippen molar-refractivity contribution in [3.8, 4) is 5.75 Å². The van der Waals surface area contributed by atoms with Crippen molar-refractivity contribution in [2.45, 2.75) is 20.8 Å². The monoisotopic (exact) mass is 250 g/mol. The van der Waals surface area contributed by atoms with Gasteiger partial charge < -0.3 is 15.4 Å². The van der Waals surface area contributed by atoms with E-state index >= 15 is 0 Å². The molecule has 1 rings (SSSR count). The molecule has 18 heavy (non-hydrogen) atoms. The second-order valence-electron chi connectivity index (χ2n) is 4.51. The molecule has 1 amide bonds. The van der Waals surface area contributed by atoms with Gasteiger partial charge in [0.2, 0.25) is 5.91 Å². The number of carbonyl (C=O) groups is 1. The molecule has 2 N–H and O–H groups in total. The second-order valence-corrected chi connectivity index (χ2v) is 4.51. The van der Waals surface area contributed by atoms with Crippen LogP contribution in [-0.2, 0) is 4.79 Å². The largest absolute Gasteiger partial charge is 0.494 e. The number of amides is 1. The Bertz CT molecular complexity index is 378. The van der Waals surface area contributed by atoms with Crippen molar-refractivity contribution >= 4 is 11.6 Å². The number of carbonyl (C=O) groups excluding carboxylic acids is 1. The van der Waals surface area contributed by atoms with Crippen molar-refractivity contribution in [2.75, 3.05) is 25.0 Å². The lowest BCUT2D eigenvalue weighted by Crippen LogP contribution is -2.32. The molecule has 0 aromatic heterocycles. The molecular formula is C14H22N2O2. The predicted molar refractivity (Wildman–Crippen MR) is 73.9 cm³/mol. The van der Waals surface area contributed by atoms with Gasteiger partial charge in [-0.2, -0.15) is 0 Å². The highest BCUT2D eigenvalue weighted by Crippen LogP contribution is 2.16. The summed E-state index contributed by atoms with van der Waals surface area (Å²) in [4.78, 5) is 11.5. The van der Waals surface area contributed by atoms with Crippen molar-refractivity contribution < 1.29 is 9.53 Å². The van der Waals surface area contributed by atoms with Crippen molar-refractivity contribution in [3.05, 3.63) is 24.3 Å². The second kappa shape index (κ2) is 7.58. The Balaban J connectivity index is 2.38. The normalized spacial score (nSPS) is 10.2. The van der Waals surface area contributed by atoms with Crippen LogP contribution in [0.1, 0.15) is 20.8 Å². The minimum atomic E-state index is 0.00510. The van der Waals surface area contributed by atoms with E-state index in [2.05, 4.69) is 24.5 Å². The number of anilines is 1. The van der Waals surface area contributed by atoms with Crippen LogP contribution >= 0.6 is 0 Å². The first kappa shape index (κ1) is 14.4. The molecule has 0 aliphatic heterocycles. The molecule has 0 atom stereocenters. The van der Waals surface area contributed by atoms with Gasteiger partial charge in [0, 0.05) is 18.3 Å². The molecule has 4 nitrogen and oxygen atoms in total. The predicted octanol–water partition coefficient (Wildman–Crippen LogP) is 2.27. The third-order valence-electron chi connectivity index (χ3n) is 2.31. The number of nitrogens with one attached hydrogen (secondary N) is 2. The van der Waals surface area contributed by atoms with Crippen LogP contribution in [0.4, 0.5) is 5.69 Å². The first-order valence-electron chi connectivity index (χ1n) is 6.35. The summed E-state index contributed by atoms with van der Waals surface area (Å²) < 4.78 is 5.39. The fourth-order valence-electron chi connectivity index (χ4n) is 1.43. The SMILES string of the molecule is CCOc1cccc(NCC(=O)NCC(C)C)c1. The van der Waals surface area contributed by atoms with Gasteiger partial charge >= 0.3 is 0 Å². The standard InChI is InChI=1S/C14H22N2O2/c1-4-18-13-7-5-6-12(8-13)15-10-14(17)16-9-11(2)3/h5-8,11,15H,4,9-10H2,1-3H3,(H,16,17). The molecule has 4 heteroatoms. The van der Waals surface area contributed by atoms with Gasteiger partial charge in [-0.3, -0.25) is 4.79 Å². The molecule has 0 unspecified atom stereocenters. The van der Waals surface area contributed by atoms with Gasteiger partial charge in [-0.25, -0.2) is 0 Å². The minimum absolute atomic E-state index is 0.00510. The molecule has 0 aliphatic rings. The van der Waals surface area contributed by atoms with Gasteiger partial charge in [0.15, 0.2) is 0 Å². The molecule has 100 valence electrons. The average Bonchev–Trinajstić information content (AvgIpc) is 2.35. The number of hydrogen-bond donors (Lipinski definition) is 2. The highest BCUT2D eigenvalue weighted by molar-refractivity contribution is 5.80. The van der Waals surface area contributed by atoms with Gasteiger partial charge in [0.25, 0.3) is 0 Å². The summed E-state index contributed by atoms with van der Waals surface area (Å²) in [5.41, 5.74) is 0.889. The number of benzene rings is 1. The molecule has 0 spiro atoms. The molecule has 1 aromatic carbocycles. The summed E-state index contributed by atoms with van der Waals surface area (Å²) in [5.74, 6) is 1.28. The van der Waals surface area contributed by atoms with Crippen LogP contribution in [0.15, 0.2) is 24.3 Å². The van der Waals surface area contributed by atoms with E-state index in [1.54, 1.807) is 0 Å². The van der Waals surface area contributed by atoms with Crippen LogP contribution < -0.4 is 15.4 Å². The Labute approximate surface area is 109 Å². The van der Waals surface area contributed by atoms with Crippen LogP contribution in [-0.4, -0.2) is 25.6 Å². The Morgan fingerprint density at radius 3 is 2.83 bits per heavy atom. The summed E-state index contributed by atoms with van der Waals surface area (Å²) in [7, 11) is 0. The molecule has 0 aliphatic carbocycles. The lowest BCUT2D eigenvalue weighted by atomic mass is 10.2. The summed E-state index contributed by atoms with van der Waals surface area (Å²) >= 11 is 0. The molecule has 0 bridgehead atoms. The molecule has 0 saturated heterocycles. The fraction of sp³-hybridized carbons (Fsp3) is 0.500. The molecule has 0 radical (unpaired) electrons. The van der Waals surface area contributed by atoms with E-state index in [1.165, 1.54) is 0 Å². The van der Waals surface area contributed by atoms with E-state index in [9.17, 15) is 4.79 Å². The van der Waals surface area contributed by atoms with Crippen LogP contribution in [0.25, 0.3) is 0 Å². The Morgan fingerprint density at radius 2 is 2.17 bits per heavy atom. The topological polar surface area (TPSA) is 50.4 Å². The lowest BCUT2D eigenvalue weighted by molar-refractivity contribution is -0.119. The van der Waals surface area contributed by atoms with Crippen molar-refractivity contribution in [1.82, 2.24) is 5.32 Å². The third kappa shape index (κ3) is 5.57. The summed E-state index contributed by atoms with van der Waals surface area (Å²) in [6.07, 6.45) is 0. The third-order valence-corrected chi connectivity index (χ3v) is 2.31. The first-order valence-corrected chi connectivity index (χ1v) is 6.35. The maximum Gasteiger partial charge on any atom is 0.239 e. The molecular weight excluding hydrogens is 228 g/mol. The van der Waals surface area contributed by atoms with Crippen LogP contribution in [0.2, 0.25) is 0 Å². The summed E-state index contributed by atoms with van der Waals surface area (Å²) in [6, 6.07) is 7.60. The number of hydrogen-bond acceptors (Lipinski definition) is 3. The maximum atomic E-state index is 11.5. The Kier molecular flexibility index (Phi) is 6.05. The van der Waals surface area contributed by atoms with Crippen molar-refractivity contribution in [2.24, 2.45) is 5.92 Å². The Morgan fingerprint density at radius 1 is 1.39 bits per heavy atom. The quantitative estimate of drug-likeness (QED) is 0.780. The Hall–Kier alpha value is -1.71. The molecule has 0 fully saturated rings. The van der Waals surface area contributed by atoms with Crippen LogP contribution in [0.5, 0.6) is 5.75 Å². The fourth-order valence-corrected chi connectivity index (χ4v) is 1.43. The number of rotatable bonds is 7. The summed E-state index contributed by atoms with van der Waals surface area (Å²) in [6.45, 7) is 7.71. The number of ether oxygens (including phenoxy) is 1. The van der Waals surface area contributed by atoms with Crippen molar-refractivity contribution in [3.63, 3.8) is 0 Å². The summed E-state index contributed by atoms with van der Waals surface area (Å²) in [5, 5.41) is 5.93. The average molecular weight is 250 g/mol. The van der Waals surface area contributed by atoms with E-state index in [0.29, 0.717) is 19.1 Å². The van der Waals surface area contributed by atoms with Crippen molar-refractivity contribution in [1.29, 1.82) is 0 Å². The van der Waals surface area contributed by atoms with Gasteiger partial charge in [-0.15, -0.1) is 0 Å². The van der Waals surface area contributed by atoms with E-state index in [0.717, 1.165) is 11.4 Å². The molecule has 0 saturated carbocycles.